The van der Waals surface area contributed by atoms with Gasteiger partial charge >= 0.3 is 0 Å². The molecule has 1 aromatic rings. The van der Waals surface area contributed by atoms with E-state index < -0.39 is 0 Å². The minimum atomic E-state index is -0.0243. The molecule has 1 aromatic carbocycles. The minimum absolute atomic E-state index is 0.0243. The molecule has 0 unspecified atom stereocenters. The fourth-order valence-corrected chi connectivity index (χ4v) is 1.85. The second-order valence-corrected chi connectivity index (χ2v) is 4.24. The number of hydrogen-bond donors (Lipinski definition) is 1. The van der Waals surface area contributed by atoms with Gasteiger partial charge in [0.25, 0.3) is 0 Å². The fraction of sp³-hybridized carbons (Fsp3) is 0.0833. The number of carbonyl (C=O) groups is 1. The molecule has 17 heavy (non-hydrogen) atoms. The number of carbonyl (C=O) groups excluding carboxylic acids is 1. The zero-order valence-corrected chi connectivity index (χ0v) is 9.85. The van der Waals surface area contributed by atoms with Crippen molar-refractivity contribution in [3.8, 4) is 0 Å². The first-order valence-electron chi connectivity index (χ1n) is 5.10. The molecule has 1 N–H and O–H groups in total. The molecule has 0 aromatic heterocycles. The Labute approximate surface area is 104 Å². The Morgan fingerprint density at radius 3 is 2.82 bits per heavy atom. The van der Waals surface area contributed by atoms with Crippen LogP contribution >= 0.6 is 11.8 Å². The van der Waals surface area contributed by atoms with Gasteiger partial charge in [-0.3, -0.25) is 4.79 Å². The molecule has 4 nitrogen and oxygen atoms in total. The highest BCUT2D eigenvalue weighted by molar-refractivity contribution is 8.15. The third-order valence-electron chi connectivity index (χ3n) is 1.98. The largest absolute Gasteiger partial charge is 0.303 e. The lowest BCUT2D eigenvalue weighted by atomic mass is 10.2. The number of allylic oxidation sites excluding steroid dienone is 1. The number of nitrogens with one attached hydrogen (secondary N) is 1. The number of hydrogen-bond acceptors (Lipinski definition) is 4. The Morgan fingerprint density at radius 1 is 1.29 bits per heavy atom. The number of nitrogens with zero attached hydrogens (tertiary/aromatic N) is 2. The molecule has 1 aliphatic heterocycles. The zero-order valence-electron chi connectivity index (χ0n) is 9.04. The van der Waals surface area contributed by atoms with E-state index in [2.05, 4.69) is 15.5 Å². The first kappa shape index (κ1) is 11.6. The Kier molecular flexibility index (Phi) is 4.10. The van der Waals surface area contributed by atoms with Crippen molar-refractivity contribution in [2.75, 3.05) is 5.75 Å². The predicted octanol–water partition coefficient (Wildman–Crippen LogP) is 1.90. The lowest BCUT2D eigenvalue weighted by Crippen LogP contribution is -2.19. The number of benzene rings is 1. The predicted molar refractivity (Wildman–Crippen MR) is 72.0 cm³/mol. The van der Waals surface area contributed by atoms with E-state index in [0.717, 1.165) is 5.56 Å². The van der Waals surface area contributed by atoms with E-state index in [1.807, 2.05) is 36.4 Å². The average Bonchev–Trinajstić information content (AvgIpc) is 2.76. The molecule has 2 rings (SSSR count). The van der Waals surface area contributed by atoms with E-state index in [0.29, 0.717) is 10.9 Å². The van der Waals surface area contributed by atoms with Crippen LogP contribution in [0.15, 0.2) is 46.6 Å². The van der Waals surface area contributed by atoms with Crippen LogP contribution in [0.1, 0.15) is 5.56 Å². The molecule has 0 bridgehead atoms. The molecule has 1 amide bonds. The van der Waals surface area contributed by atoms with Crippen LogP contribution in [-0.2, 0) is 4.79 Å². The second-order valence-electron chi connectivity index (χ2n) is 3.28. The van der Waals surface area contributed by atoms with E-state index in [1.165, 1.54) is 11.8 Å². The van der Waals surface area contributed by atoms with Crippen LogP contribution in [0, 0.1) is 0 Å². The molecule has 0 radical (unpaired) electrons. The third kappa shape index (κ3) is 3.88. The van der Waals surface area contributed by atoms with Crippen molar-refractivity contribution in [1.82, 2.24) is 5.32 Å². The molecular weight excluding hydrogens is 234 g/mol. The molecule has 1 heterocycles. The Morgan fingerprint density at radius 2 is 2.12 bits per heavy atom. The number of thioether (sulfide) groups is 1. The van der Waals surface area contributed by atoms with E-state index in [4.69, 9.17) is 0 Å². The van der Waals surface area contributed by atoms with Crippen molar-refractivity contribution in [2.45, 2.75) is 0 Å². The number of amides is 1. The fourth-order valence-electron chi connectivity index (χ4n) is 1.22. The van der Waals surface area contributed by atoms with Crippen LogP contribution in [0.2, 0.25) is 0 Å². The SMILES string of the molecule is O=C1CS/C(=N\N=CC=Cc2ccccc2)N1. The van der Waals surface area contributed by atoms with Crippen molar-refractivity contribution in [1.29, 1.82) is 0 Å². The molecule has 1 saturated heterocycles. The van der Waals surface area contributed by atoms with Crippen LogP contribution in [0.25, 0.3) is 6.08 Å². The normalized spacial score (nSPS) is 18.4. The van der Waals surface area contributed by atoms with Gasteiger partial charge in [0.2, 0.25) is 5.91 Å². The summed E-state index contributed by atoms with van der Waals surface area (Å²) in [7, 11) is 0. The summed E-state index contributed by atoms with van der Waals surface area (Å²) in [6, 6.07) is 9.92. The van der Waals surface area contributed by atoms with Gasteiger partial charge in [0.1, 0.15) is 0 Å². The van der Waals surface area contributed by atoms with Crippen molar-refractivity contribution < 1.29 is 4.79 Å². The highest BCUT2D eigenvalue weighted by atomic mass is 32.2. The Hall–Kier alpha value is -1.88. The highest BCUT2D eigenvalue weighted by Crippen LogP contribution is 2.08. The molecular formula is C12H11N3OS. The van der Waals surface area contributed by atoms with Gasteiger partial charge in [0.15, 0.2) is 5.17 Å². The van der Waals surface area contributed by atoms with E-state index in [1.54, 1.807) is 12.3 Å². The highest BCUT2D eigenvalue weighted by Gasteiger charge is 2.15. The van der Waals surface area contributed by atoms with Gasteiger partial charge in [-0.1, -0.05) is 48.2 Å². The molecule has 0 aliphatic carbocycles. The van der Waals surface area contributed by atoms with Crippen LogP contribution < -0.4 is 5.32 Å². The molecule has 5 heteroatoms. The van der Waals surface area contributed by atoms with E-state index >= 15 is 0 Å². The van der Waals surface area contributed by atoms with Gasteiger partial charge in [-0.05, 0) is 11.6 Å². The monoisotopic (exact) mass is 245 g/mol. The first-order valence-corrected chi connectivity index (χ1v) is 6.08. The molecule has 1 fully saturated rings. The van der Waals surface area contributed by atoms with Gasteiger partial charge in [0.05, 0.1) is 5.75 Å². The number of rotatable bonds is 3. The van der Waals surface area contributed by atoms with Gasteiger partial charge in [0, 0.05) is 6.21 Å². The van der Waals surface area contributed by atoms with Crippen LogP contribution in [0.4, 0.5) is 0 Å². The topological polar surface area (TPSA) is 53.8 Å². The summed E-state index contributed by atoms with van der Waals surface area (Å²) in [5, 5.41) is 10.9. The Balaban J connectivity index is 1.86. The van der Waals surface area contributed by atoms with E-state index in [9.17, 15) is 4.79 Å². The number of amidine groups is 1. The van der Waals surface area contributed by atoms with Crippen molar-refractivity contribution in [3.63, 3.8) is 0 Å². The summed E-state index contributed by atoms with van der Waals surface area (Å²) in [6.45, 7) is 0. The standard InChI is InChI=1S/C12H11N3OS/c16-11-9-17-12(14-11)15-13-8-4-7-10-5-2-1-3-6-10/h1-8H,9H2,(H,14,15,16). The van der Waals surface area contributed by atoms with Gasteiger partial charge in [-0.15, -0.1) is 5.10 Å². The second kappa shape index (κ2) is 6.00. The maximum absolute atomic E-state index is 10.8. The summed E-state index contributed by atoms with van der Waals surface area (Å²) < 4.78 is 0. The molecule has 86 valence electrons. The molecule has 0 saturated carbocycles. The van der Waals surface area contributed by atoms with Crippen LogP contribution in [0.5, 0.6) is 0 Å². The van der Waals surface area contributed by atoms with Crippen LogP contribution in [0.3, 0.4) is 0 Å². The maximum Gasteiger partial charge on any atom is 0.236 e. The summed E-state index contributed by atoms with van der Waals surface area (Å²) in [5.41, 5.74) is 1.11. The molecule has 0 spiro atoms. The molecule has 1 aliphatic rings. The lowest BCUT2D eigenvalue weighted by molar-refractivity contribution is -0.116. The summed E-state index contributed by atoms with van der Waals surface area (Å²) in [5.74, 6) is 0.401. The average molecular weight is 245 g/mol. The summed E-state index contributed by atoms with van der Waals surface area (Å²) in [4.78, 5) is 10.8. The van der Waals surface area contributed by atoms with Crippen LogP contribution in [-0.4, -0.2) is 23.0 Å². The third-order valence-corrected chi connectivity index (χ3v) is 2.84. The minimum Gasteiger partial charge on any atom is -0.303 e. The van der Waals surface area contributed by atoms with Crippen molar-refractivity contribution in [2.24, 2.45) is 10.2 Å². The van der Waals surface area contributed by atoms with Gasteiger partial charge in [-0.25, -0.2) is 0 Å². The zero-order chi connectivity index (χ0) is 11.9. The maximum atomic E-state index is 10.8. The lowest BCUT2D eigenvalue weighted by Gasteiger charge is -1.89. The van der Waals surface area contributed by atoms with Crippen molar-refractivity contribution >= 4 is 35.1 Å². The molecule has 0 atom stereocenters. The van der Waals surface area contributed by atoms with E-state index in [-0.39, 0.29) is 5.91 Å². The quantitative estimate of drug-likeness (QED) is 0.653. The summed E-state index contributed by atoms with van der Waals surface area (Å²) >= 11 is 1.36. The van der Waals surface area contributed by atoms with Gasteiger partial charge < -0.3 is 5.32 Å². The Bertz CT molecular complexity index is 480. The smallest absolute Gasteiger partial charge is 0.236 e. The van der Waals surface area contributed by atoms with Gasteiger partial charge in [-0.2, -0.15) is 5.10 Å². The van der Waals surface area contributed by atoms with Crippen molar-refractivity contribution in [3.05, 3.63) is 42.0 Å². The summed E-state index contributed by atoms with van der Waals surface area (Å²) in [6.07, 6.45) is 5.33. The first-order chi connectivity index (χ1) is 8.34.